The molecule has 1 fully saturated rings. The number of piperidine rings is 1. The number of nitrogens with zero attached hydrogens (tertiary/aromatic N) is 3. The summed E-state index contributed by atoms with van der Waals surface area (Å²) in [5.74, 6) is 0. The number of non-ortho nitro benzene ring substituents is 1. The largest absolute Gasteiger partial charge is 0.331 e. The molecular formula is C14H17BrN4O4. The minimum atomic E-state index is -0.543. The second kappa shape index (κ2) is 6.63. The number of fused-ring (bicyclic) bond motifs is 1. The number of hydrogen-bond donors (Lipinski definition) is 1. The van der Waals surface area contributed by atoms with Crippen LogP contribution in [0.25, 0.3) is 10.9 Å². The van der Waals surface area contributed by atoms with Crippen LogP contribution in [0.3, 0.4) is 0 Å². The Morgan fingerprint density at radius 1 is 1.26 bits per heavy atom. The molecule has 0 aliphatic carbocycles. The van der Waals surface area contributed by atoms with Gasteiger partial charge in [0.05, 0.1) is 15.8 Å². The van der Waals surface area contributed by atoms with E-state index in [0.717, 1.165) is 13.1 Å². The Labute approximate surface area is 141 Å². The summed E-state index contributed by atoms with van der Waals surface area (Å²) < 4.78 is 2.62. The molecule has 1 aliphatic rings. The maximum absolute atomic E-state index is 12.7. The molecule has 0 amide bonds. The summed E-state index contributed by atoms with van der Waals surface area (Å²) in [7, 11) is 1.58. The van der Waals surface area contributed by atoms with Gasteiger partial charge in [0.1, 0.15) is 0 Å². The Morgan fingerprint density at radius 2 is 1.91 bits per heavy atom. The van der Waals surface area contributed by atoms with Gasteiger partial charge >= 0.3 is 5.69 Å². The summed E-state index contributed by atoms with van der Waals surface area (Å²) in [6.45, 7) is 1.49. The monoisotopic (exact) mass is 384 g/mol. The third kappa shape index (κ3) is 2.93. The molecule has 8 nitrogen and oxygen atoms in total. The Hall–Kier alpha value is -2.00. The summed E-state index contributed by atoms with van der Waals surface area (Å²) in [6, 6.07) is 3.82. The van der Waals surface area contributed by atoms with Gasteiger partial charge in [-0.1, -0.05) is 0 Å². The van der Waals surface area contributed by atoms with Crippen molar-refractivity contribution in [1.82, 2.24) is 14.5 Å². The molecule has 1 aliphatic heterocycles. The Kier molecular flexibility index (Phi) is 5.00. The van der Waals surface area contributed by atoms with E-state index in [4.69, 9.17) is 0 Å². The normalized spacial score (nSPS) is 15.3. The molecule has 2 aromatic rings. The van der Waals surface area contributed by atoms with Crippen LogP contribution in [0.5, 0.6) is 0 Å². The van der Waals surface area contributed by atoms with Gasteiger partial charge in [0.25, 0.3) is 11.2 Å². The first kappa shape index (κ1) is 17.4. The Bertz CT molecular complexity index is 867. The van der Waals surface area contributed by atoms with Crippen LogP contribution < -0.4 is 16.6 Å². The first-order chi connectivity index (χ1) is 10.5. The molecule has 0 unspecified atom stereocenters. The fraction of sp³-hybridized carbons (Fsp3) is 0.429. The molecule has 0 spiro atoms. The third-order valence-corrected chi connectivity index (χ3v) is 4.17. The highest BCUT2D eigenvalue weighted by Crippen LogP contribution is 2.19. The molecule has 3 rings (SSSR count). The number of benzene rings is 1. The summed E-state index contributed by atoms with van der Waals surface area (Å²) in [6.07, 6.45) is 1.38. The van der Waals surface area contributed by atoms with Crippen LogP contribution >= 0.6 is 17.0 Å². The van der Waals surface area contributed by atoms with Crippen molar-refractivity contribution in [2.75, 3.05) is 13.1 Å². The molecular weight excluding hydrogens is 368 g/mol. The third-order valence-electron chi connectivity index (χ3n) is 4.17. The molecule has 1 aromatic carbocycles. The molecule has 124 valence electrons. The Morgan fingerprint density at radius 3 is 2.52 bits per heavy atom. The van der Waals surface area contributed by atoms with E-state index in [1.807, 2.05) is 0 Å². The summed E-state index contributed by atoms with van der Waals surface area (Å²) in [5, 5.41) is 14.3. The minimum absolute atomic E-state index is 0. The number of nitro benzene ring substituents is 1. The molecule has 23 heavy (non-hydrogen) atoms. The van der Waals surface area contributed by atoms with Crippen LogP contribution in [0.15, 0.2) is 27.8 Å². The zero-order chi connectivity index (χ0) is 15.9. The highest BCUT2D eigenvalue weighted by atomic mass is 79.9. The van der Waals surface area contributed by atoms with Crippen LogP contribution in [0.1, 0.15) is 18.9 Å². The van der Waals surface area contributed by atoms with Crippen molar-refractivity contribution in [3.05, 3.63) is 49.2 Å². The lowest BCUT2D eigenvalue weighted by Gasteiger charge is -2.24. The first-order valence-corrected chi connectivity index (χ1v) is 7.11. The van der Waals surface area contributed by atoms with E-state index in [2.05, 4.69) is 5.32 Å². The zero-order valence-corrected chi connectivity index (χ0v) is 14.2. The van der Waals surface area contributed by atoms with Gasteiger partial charge in [0, 0.05) is 25.2 Å². The fourth-order valence-electron chi connectivity index (χ4n) is 2.97. The van der Waals surface area contributed by atoms with E-state index >= 15 is 0 Å². The number of aryl methyl sites for hydroxylation is 1. The van der Waals surface area contributed by atoms with Gasteiger partial charge < -0.3 is 5.32 Å². The van der Waals surface area contributed by atoms with E-state index in [9.17, 15) is 19.7 Å². The van der Waals surface area contributed by atoms with Gasteiger partial charge in [-0.25, -0.2) is 4.79 Å². The summed E-state index contributed by atoms with van der Waals surface area (Å²) in [4.78, 5) is 35.5. The van der Waals surface area contributed by atoms with E-state index < -0.39 is 10.5 Å². The average molecular weight is 385 g/mol. The lowest BCUT2D eigenvalue weighted by Crippen LogP contribution is -2.44. The number of nitrogens with one attached hydrogen (secondary N) is 1. The van der Waals surface area contributed by atoms with Crippen molar-refractivity contribution >= 4 is 33.6 Å². The SMILES string of the molecule is Br.Cn1c(=O)n(C2CCNCC2)c(=O)c2cc([N+](=O)[O-])ccc21. The predicted octanol–water partition coefficient (Wildman–Crippen LogP) is 1.11. The Balaban J connectivity index is 0.00000192. The predicted molar refractivity (Wildman–Crippen MR) is 91.6 cm³/mol. The highest BCUT2D eigenvalue weighted by molar-refractivity contribution is 8.93. The molecule has 1 N–H and O–H groups in total. The number of halogens is 1. The van der Waals surface area contributed by atoms with E-state index in [1.54, 1.807) is 7.05 Å². The molecule has 1 aromatic heterocycles. The van der Waals surface area contributed by atoms with Gasteiger partial charge in [-0.05, 0) is 32.0 Å². The van der Waals surface area contributed by atoms with Crippen molar-refractivity contribution in [2.45, 2.75) is 18.9 Å². The van der Waals surface area contributed by atoms with Crippen molar-refractivity contribution < 1.29 is 4.92 Å². The smallest absolute Gasteiger partial charge is 0.317 e. The van der Waals surface area contributed by atoms with E-state index in [-0.39, 0.29) is 39.8 Å². The maximum Gasteiger partial charge on any atom is 0.331 e. The molecule has 9 heteroatoms. The lowest BCUT2D eigenvalue weighted by molar-refractivity contribution is -0.384. The maximum atomic E-state index is 12.7. The summed E-state index contributed by atoms with van der Waals surface area (Å²) in [5.41, 5.74) is -0.571. The lowest BCUT2D eigenvalue weighted by atomic mass is 10.1. The van der Waals surface area contributed by atoms with E-state index in [0.29, 0.717) is 18.4 Å². The molecule has 2 heterocycles. The van der Waals surface area contributed by atoms with Crippen LogP contribution in [0, 0.1) is 10.1 Å². The second-order valence-corrected chi connectivity index (χ2v) is 5.46. The standard InChI is InChI=1S/C14H16N4O4.BrH/c1-16-12-3-2-10(18(21)22)8-11(12)13(19)17(14(16)20)9-4-6-15-7-5-9;/h2-3,8-9,15H,4-7H2,1H3;1H. The van der Waals surface area contributed by atoms with Gasteiger partial charge in [-0.3, -0.25) is 24.0 Å². The minimum Gasteiger partial charge on any atom is -0.317 e. The molecule has 1 saturated heterocycles. The fourth-order valence-corrected chi connectivity index (χ4v) is 2.97. The number of rotatable bonds is 2. The van der Waals surface area contributed by atoms with E-state index in [1.165, 1.54) is 27.3 Å². The topological polar surface area (TPSA) is 99.2 Å². The number of aromatic nitrogens is 2. The van der Waals surface area contributed by atoms with Gasteiger partial charge in [0.15, 0.2) is 0 Å². The molecule has 0 bridgehead atoms. The van der Waals surface area contributed by atoms with Gasteiger partial charge in [-0.2, -0.15) is 0 Å². The van der Waals surface area contributed by atoms with Crippen molar-refractivity contribution in [2.24, 2.45) is 7.05 Å². The quantitative estimate of drug-likeness (QED) is 0.617. The molecule has 0 radical (unpaired) electrons. The van der Waals surface area contributed by atoms with Gasteiger partial charge in [0.2, 0.25) is 0 Å². The van der Waals surface area contributed by atoms with Crippen LogP contribution in [-0.4, -0.2) is 27.1 Å². The van der Waals surface area contributed by atoms with Crippen molar-refractivity contribution in [1.29, 1.82) is 0 Å². The number of hydrogen-bond acceptors (Lipinski definition) is 5. The molecule has 0 atom stereocenters. The number of nitro groups is 1. The van der Waals surface area contributed by atoms with Crippen molar-refractivity contribution in [3.8, 4) is 0 Å². The zero-order valence-electron chi connectivity index (χ0n) is 12.5. The first-order valence-electron chi connectivity index (χ1n) is 7.11. The van der Waals surface area contributed by atoms with Crippen LogP contribution in [0.4, 0.5) is 5.69 Å². The highest BCUT2D eigenvalue weighted by Gasteiger charge is 2.22. The van der Waals surface area contributed by atoms with Crippen LogP contribution in [-0.2, 0) is 7.05 Å². The molecule has 0 saturated carbocycles. The second-order valence-electron chi connectivity index (χ2n) is 5.46. The average Bonchev–Trinajstić information content (AvgIpc) is 2.53. The van der Waals surface area contributed by atoms with Crippen molar-refractivity contribution in [3.63, 3.8) is 0 Å². The summed E-state index contributed by atoms with van der Waals surface area (Å²) >= 11 is 0. The van der Waals surface area contributed by atoms with Crippen LogP contribution in [0.2, 0.25) is 0 Å². The van der Waals surface area contributed by atoms with Gasteiger partial charge in [-0.15, -0.1) is 17.0 Å².